The van der Waals surface area contributed by atoms with Crippen molar-refractivity contribution in [2.45, 2.75) is 13.8 Å². The molecule has 3 rings (SSSR count). The first-order valence-electron chi connectivity index (χ1n) is 10.7. The molecular formula is C26H32N2O5. The molecule has 0 aliphatic heterocycles. The fourth-order valence-electron chi connectivity index (χ4n) is 3.83. The molecule has 3 aromatic rings. The van der Waals surface area contributed by atoms with Gasteiger partial charge in [-0.1, -0.05) is 6.07 Å². The molecule has 0 spiro atoms. The number of ether oxygens (including phenoxy) is 3. The molecule has 0 radical (unpaired) electrons. The minimum Gasteiger partial charge on any atom is -0.496 e. The highest BCUT2D eigenvalue weighted by molar-refractivity contribution is 6.01. The average molecular weight is 453 g/mol. The number of likely N-dealkylation sites (N-methyl/N-ethyl adjacent to an activating group) is 1. The highest BCUT2D eigenvalue weighted by atomic mass is 16.5. The van der Waals surface area contributed by atoms with Gasteiger partial charge in [-0.2, -0.15) is 0 Å². The third-order valence-electron chi connectivity index (χ3n) is 5.57. The van der Waals surface area contributed by atoms with Crippen LogP contribution in [0.3, 0.4) is 0 Å². The predicted molar refractivity (Wildman–Crippen MR) is 131 cm³/mol. The lowest BCUT2D eigenvalue weighted by atomic mass is 9.96. The summed E-state index contributed by atoms with van der Waals surface area (Å²) in [5.74, 6) is 1.85. The Balaban J connectivity index is 2.06. The first-order chi connectivity index (χ1) is 15.8. The molecule has 1 N–H and O–H groups in total. The molecule has 0 saturated heterocycles. The van der Waals surface area contributed by atoms with E-state index in [4.69, 9.17) is 18.6 Å². The highest BCUT2D eigenvalue weighted by Crippen LogP contribution is 2.42. The molecule has 0 saturated carbocycles. The van der Waals surface area contributed by atoms with Gasteiger partial charge in [-0.05, 0) is 57.3 Å². The Labute approximate surface area is 194 Å². The van der Waals surface area contributed by atoms with Gasteiger partial charge in [0.1, 0.15) is 11.3 Å². The summed E-state index contributed by atoms with van der Waals surface area (Å²) in [5, 5.41) is 3.84. The number of carbonyl (C=O) groups is 1. The van der Waals surface area contributed by atoms with Gasteiger partial charge < -0.3 is 28.8 Å². The van der Waals surface area contributed by atoms with Crippen LogP contribution >= 0.6 is 0 Å². The monoisotopic (exact) mass is 452 g/mol. The number of fused-ring (bicyclic) bond motifs is 1. The normalized spacial score (nSPS) is 11.7. The summed E-state index contributed by atoms with van der Waals surface area (Å²) in [6, 6.07) is 7.76. The first-order valence-corrected chi connectivity index (χ1v) is 10.7. The van der Waals surface area contributed by atoms with Gasteiger partial charge >= 0.3 is 0 Å². The highest BCUT2D eigenvalue weighted by Gasteiger charge is 2.19. The number of nitrogens with one attached hydrogen (secondary N) is 1. The summed E-state index contributed by atoms with van der Waals surface area (Å²) in [6.07, 6.45) is 3.34. The SMILES string of the molecule is COc1ccc(-c2coc3c(C)c(OC)c(/C(C)=C/C(=O)NCCN(C)C)cc23)cc1OC. The van der Waals surface area contributed by atoms with Crippen molar-refractivity contribution in [1.29, 1.82) is 0 Å². The quantitative estimate of drug-likeness (QED) is 0.482. The van der Waals surface area contributed by atoms with E-state index < -0.39 is 0 Å². The minimum absolute atomic E-state index is 0.138. The molecule has 0 unspecified atom stereocenters. The molecule has 7 nitrogen and oxygen atoms in total. The van der Waals surface area contributed by atoms with E-state index in [1.807, 2.05) is 57.1 Å². The minimum atomic E-state index is -0.138. The third kappa shape index (κ3) is 5.14. The van der Waals surface area contributed by atoms with Crippen LogP contribution in [0.1, 0.15) is 18.1 Å². The molecule has 33 heavy (non-hydrogen) atoms. The topological polar surface area (TPSA) is 73.2 Å². The van der Waals surface area contributed by atoms with Gasteiger partial charge in [-0.25, -0.2) is 0 Å². The summed E-state index contributed by atoms with van der Waals surface area (Å²) in [4.78, 5) is 14.5. The fourth-order valence-corrected chi connectivity index (χ4v) is 3.83. The van der Waals surface area contributed by atoms with E-state index in [1.165, 1.54) is 0 Å². The van der Waals surface area contributed by atoms with Crippen molar-refractivity contribution < 1.29 is 23.4 Å². The van der Waals surface area contributed by atoms with Crippen molar-refractivity contribution in [3.8, 4) is 28.4 Å². The zero-order chi connectivity index (χ0) is 24.1. The molecule has 1 aromatic heterocycles. The summed E-state index contributed by atoms with van der Waals surface area (Å²) in [7, 11) is 8.78. The van der Waals surface area contributed by atoms with Crippen LogP contribution in [0.4, 0.5) is 0 Å². The molecule has 0 aliphatic rings. The Hall–Kier alpha value is -3.45. The summed E-state index contributed by atoms with van der Waals surface area (Å²) in [5.41, 5.74) is 5.11. The second kappa shape index (κ2) is 10.4. The Morgan fingerprint density at radius 1 is 1.09 bits per heavy atom. The molecule has 1 heterocycles. The maximum absolute atomic E-state index is 12.4. The van der Waals surface area contributed by atoms with Gasteiger partial charge in [-0.15, -0.1) is 0 Å². The number of hydrogen-bond donors (Lipinski definition) is 1. The number of carbonyl (C=O) groups excluding carboxylic acids is 1. The van der Waals surface area contributed by atoms with E-state index in [-0.39, 0.29) is 5.91 Å². The average Bonchev–Trinajstić information content (AvgIpc) is 3.22. The van der Waals surface area contributed by atoms with Crippen LogP contribution in [0, 0.1) is 6.92 Å². The van der Waals surface area contributed by atoms with Crippen LogP contribution in [0.25, 0.3) is 27.7 Å². The Morgan fingerprint density at radius 3 is 2.45 bits per heavy atom. The van der Waals surface area contributed by atoms with E-state index in [1.54, 1.807) is 33.7 Å². The van der Waals surface area contributed by atoms with Gasteiger partial charge in [-0.3, -0.25) is 4.79 Å². The molecule has 0 atom stereocenters. The first kappa shape index (κ1) is 24.2. The van der Waals surface area contributed by atoms with Gasteiger partial charge in [0, 0.05) is 41.2 Å². The van der Waals surface area contributed by atoms with E-state index in [0.29, 0.717) is 23.8 Å². The Morgan fingerprint density at radius 2 is 1.82 bits per heavy atom. The van der Waals surface area contributed by atoms with E-state index in [0.717, 1.165) is 45.3 Å². The van der Waals surface area contributed by atoms with E-state index >= 15 is 0 Å². The number of aryl methyl sites for hydroxylation is 1. The van der Waals surface area contributed by atoms with Crippen LogP contribution in [-0.4, -0.2) is 59.3 Å². The molecule has 2 aromatic carbocycles. The summed E-state index contributed by atoms with van der Waals surface area (Å²) >= 11 is 0. The summed E-state index contributed by atoms with van der Waals surface area (Å²) in [6.45, 7) is 5.22. The Kier molecular flexibility index (Phi) is 7.66. The maximum Gasteiger partial charge on any atom is 0.244 e. The standard InChI is InChI=1S/C26H32N2O5/c1-16(12-24(29)27-10-11-28(3)4)19-14-20-21(15-33-26(20)17(2)25(19)32-7)18-8-9-22(30-5)23(13-18)31-6/h8-9,12-15H,10-11H2,1-7H3,(H,27,29)/b16-12+. The fraction of sp³-hybridized carbons (Fsp3) is 0.346. The molecule has 176 valence electrons. The van der Waals surface area contributed by atoms with Crippen molar-refractivity contribution in [1.82, 2.24) is 10.2 Å². The molecule has 7 heteroatoms. The number of hydrogen-bond acceptors (Lipinski definition) is 6. The van der Waals surface area contributed by atoms with Gasteiger partial charge in [0.25, 0.3) is 0 Å². The number of amides is 1. The molecule has 1 amide bonds. The third-order valence-corrected chi connectivity index (χ3v) is 5.57. The van der Waals surface area contributed by atoms with E-state index in [9.17, 15) is 4.79 Å². The van der Waals surface area contributed by atoms with Crippen LogP contribution < -0.4 is 19.5 Å². The van der Waals surface area contributed by atoms with Crippen LogP contribution in [0.15, 0.2) is 41.0 Å². The second-order valence-electron chi connectivity index (χ2n) is 8.10. The van der Waals surface area contributed by atoms with Gasteiger partial charge in [0.05, 0.1) is 27.6 Å². The van der Waals surface area contributed by atoms with Gasteiger partial charge in [0.2, 0.25) is 5.91 Å². The lowest BCUT2D eigenvalue weighted by Crippen LogP contribution is -2.30. The Bertz CT molecular complexity index is 1180. The van der Waals surface area contributed by atoms with Crippen molar-refractivity contribution in [2.24, 2.45) is 0 Å². The van der Waals surface area contributed by atoms with Crippen LogP contribution in [0.2, 0.25) is 0 Å². The zero-order valence-corrected chi connectivity index (χ0v) is 20.4. The zero-order valence-electron chi connectivity index (χ0n) is 20.4. The number of furan rings is 1. The second-order valence-corrected chi connectivity index (χ2v) is 8.10. The lowest BCUT2D eigenvalue weighted by Gasteiger charge is -2.14. The smallest absolute Gasteiger partial charge is 0.244 e. The molecule has 0 bridgehead atoms. The van der Waals surface area contributed by atoms with Crippen molar-refractivity contribution in [2.75, 3.05) is 48.5 Å². The van der Waals surface area contributed by atoms with Crippen molar-refractivity contribution in [3.05, 3.63) is 47.7 Å². The largest absolute Gasteiger partial charge is 0.496 e. The molecule has 0 fully saturated rings. The summed E-state index contributed by atoms with van der Waals surface area (Å²) < 4.78 is 22.5. The number of nitrogens with zero attached hydrogens (tertiary/aromatic N) is 1. The number of rotatable bonds is 9. The van der Waals surface area contributed by atoms with Gasteiger partial charge in [0.15, 0.2) is 11.5 Å². The van der Waals surface area contributed by atoms with Crippen molar-refractivity contribution in [3.63, 3.8) is 0 Å². The number of methoxy groups -OCH3 is 3. The molecule has 0 aliphatic carbocycles. The van der Waals surface area contributed by atoms with E-state index in [2.05, 4.69) is 5.32 Å². The maximum atomic E-state index is 12.4. The predicted octanol–water partition coefficient (Wildman–Crippen LogP) is 4.52. The molecular weight excluding hydrogens is 420 g/mol. The van der Waals surface area contributed by atoms with Crippen LogP contribution in [-0.2, 0) is 4.79 Å². The van der Waals surface area contributed by atoms with Crippen molar-refractivity contribution >= 4 is 22.4 Å². The lowest BCUT2D eigenvalue weighted by molar-refractivity contribution is -0.116. The van der Waals surface area contributed by atoms with Crippen LogP contribution in [0.5, 0.6) is 17.2 Å². The number of benzene rings is 2. The number of allylic oxidation sites excluding steroid dienone is 1.